The SMILES string of the molecule is CSc1ccccc1NC(=O)NC[C@@H]1CCCN1C(=O)CN1CCC[C@H](NS(=O)(=O)/C=C/c2ccc(Cl)s2)C1=O. The number of piperidine rings is 1. The van der Waals surface area contributed by atoms with Gasteiger partial charge in [-0.2, -0.15) is 4.72 Å². The van der Waals surface area contributed by atoms with E-state index in [9.17, 15) is 22.8 Å². The van der Waals surface area contributed by atoms with E-state index in [0.717, 1.165) is 23.1 Å². The number of anilines is 1. The number of sulfonamides is 1. The van der Waals surface area contributed by atoms with Gasteiger partial charge in [-0.05, 0) is 62.3 Å². The molecule has 40 heavy (non-hydrogen) atoms. The summed E-state index contributed by atoms with van der Waals surface area (Å²) in [5.74, 6) is -0.639. The van der Waals surface area contributed by atoms with Crippen LogP contribution in [0.25, 0.3) is 6.08 Å². The van der Waals surface area contributed by atoms with Crippen molar-refractivity contribution in [3.05, 3.63) is 51.0 Å². The van der Waals surface area contributed by atoms with Crippen molar-refractivity contribution in [3.8, 4) is 0 Å². The largest absolute Gasteiger partial charge is 0.336 e. The molecule has 0 unspecified atom stereocenters. The quantitative estimate of drug-likeness (QED) is 0.345. The summed E-state index contributed by atoms with van der Waals surface area (Å²) in [6.45, 7) is 1.07. The van der Waals surface area contributed by atoms with E-state index < -0.39 is 22.0 Å². The van der Waals surface area contributed by atoms with Gasteiger partial charge in [-0.15, -0.1) is 23.1 Å². The first-order chi connectivity index (χ1) is 19.1. The summed E-state index contributed by atoms with van der Waals surface area (Å²) >= 11 is 8.66. The van der Waals surface area contributed by atoms with E-state index in [0.29, 0.717) is 40.8 Å². The minimum atomic E-state index is -3.88. The number of halogens is 1. The number of hydrogen-bond acceptors (Lipinski definition) is 7. The second-order valence-corrected chi connectivity index (χ2v) is 13.7. The molecule has 2 aliphatic rings. The maximum atomic E-state index is 13.2. The molecule has 2 saturated heterocycles. The van der Waals surface area contributed by atoms with Gasteiger partial charge >= 0.3 is 6.03 Å². The van der Waals surface area contributed by atoms with Crippen molar-refractivity contribution >= 4 is 74.3 Å². The Kier molecular flexibility index (Phi) is 10.5. The Bertz CT molecular complexity index is 1370. The van der Waals surface area contributed by atoms with E-state index in [2.05, 4.69) is 15.4 Å². The molecule has 2 atom stereocenters. The minimum Gasteiger partial charge on any atom is -0.336 e. The Labute approximate surface area is 247 Å². The van der Waals surface area contributed by atoms with Crippen molar-refractivity contribution in [2.24, 2.45) is 0 Å². The molecule has 2 aliphatic heterocycles. The van der Waals surface area contributed by atoms with Crippen molar-refractivity contribution in [3.63, 3.8) is 0 Å². The van der Waals surface area contributed by atoms with Gasteiger partial charge in [0, 0.05) is 40.9 Å². The minimum absolute atomic E-state index is 0.135. The standard InChI is InChI=1S/C26H32ClN5O5S3/c1-38-22-9-3-2-7-20(22)29-26(35)28-16-18-6-4-14-32(18)24(33)17-31-13-5-8-21(25(31)34)30-40(36,37)15-12-19-10-11-23(27)39-19/h2-3,7,9-12,15,18,21,30H,4-6,8,13-14,16-17H2,1H3,(H2,28,29,35)/b15-12+/t18-,21-/m0/s1. The number of benzene rings is 1. The lowest BCUT2D eigenvalue weighted by atomic mass is 10.1. The number of thiophene rings is 1. The third-order valence-corrected chi connectivity index (χ3v) is 9.82. The number of urea groups is 1. The number of rotatable bonds is 10. The highest BCUT2D eigenvalue weighted by atomic mass is 35.5. The molecule has 4 amide bonds. The van der Waals surface area contributed by atoms with Crippen LogP contribution in [-0.4, -0.2) is 80.6 Å². The molecule has 0 radical (unpaired) electrons. The smallest absolute Gasteiger partial charge is 0.319 e. The molecule has 1 aromatic carbocycles. The zero-order chi connectivity index (χ0) is 28.7. The lowest BCUT2D eigenvalue weighted by Gasteiger charge is -2.34. The molecule has 2 aromatic rings. The van der Waals surface area contributed by atoms with Crippen LogP contribution in [0.2, 0.25) is 4.34 Å². The van der Waals surface area contributed by atoms with Crippen molar-refractivity contribution < 1.29 is 22.8 Å². The maximum Gasteiger partial charge on any atom is 0.319 e. The number of para-hydroxylation sites is 1. The van der Waals surface area contributed by atoms with Crippen LogP contribution in [0.4, 0.5) is 10.5 Å². The normalized spacial score (nSPS) is 19.8. The van der Waals surface area contributed by atoms with Gasteiger partial charge in [-0.3, -0.25) is 9.59 Å². The van der Waals surface area contributed by atoms with Gasteiger partial charge in [0.1, 0.15) is 6.04 Å². The van der Waals surface area contributed by atoms with E-state index in [4.69, 9.17) is 11.6 Å². The van der Waals surface area contributed by atoms with E-state index >= 15 is 0 Å². The highest BCUT2D eigenvalue weighted by Gasteiger charge is 2.35. The number of carbonyl (C=O) groups excluding carboxylic acids is 3. The molecular weight excluding hydrogens is 594 g/mol. The molecule has 0 bridgehead atoms. The van der Waals surface area contributed by atoms with Crippen LogP contribution in [0.3, 0.4) is 0 Å². The fraction of sp³-hybridized carbons (Fsp3) is 0.423. The summed E-state index contributed by atoms with van der Waals surface area (Å²) in [7, 11) is -3.88. The molecule has 4 rings (SSSR count). The Morgan fingerprint density at radius 1 is 1.15 bits per heavy atom. The fourth-order valence-corrected chi connectivity index (χ4v) is 7.40. The summed E-state index contributed by atoms with van der Waals surface area (Å²) < 4.78 is 28.1. The summed E-state index contributed by atoms with van der Waals surface area (Å²) in [6, 6.07) is 9.42. The van der Waals surface area contributed by atoms with Gasteiger partial charge in [0.05, 0.1) is 16.6 Å². The number of carbonyl (C=O) groups is 3. The molecule has 10 nitrogen and oxygen atoms in total. The van der Waals surface area contributed by atoms with Gasteiger partial charge in [0.25, 0.3) is 0 Å². The van der Waals surface area contributed by atoms with Crippen LogP contribution in [-0.2, 0) is 19.6 Å². The molecule has 3 N–H and O–H groups in total. The lowest BCUT2D eigenvalue weighted by Crippen LogP contribution is -2.55. The van der Waals surface area contributed by atoms with Crippen molar-refractivity contribution in [2.45, 2.75) is 42.7 Å². The predicted molar refractivity (Wildman–Crippen MR) is 160 cm³/mol. The Morgan fingerprint density at radius 3 is 2.67 bits per heavy atom. The zero-order valence-corrected chi connectivity index (χ0v) is 25.2. The predicted octanol–water partition coefficient (Wildman–Crippen LogP) is 3.82. The van der Waals surface area contributed by atoms with Gasteiger partial charge < -0.3 is 20.4 Å². The number of thioether (sulfide) groups is 1. The molecule has 216 valence electrons. The van der Waals surface area contributed by atoms with Gasteiger partial charge in [-0.25, -0.2) is 13.2 Å². The van der Waals surface area contributed by atoms with E-state index in [-0.39, 0.29) is 31.1 Å². The van der Waals surface area contributed by atoms with E-state index in [1.165, 1.54) is 34.1 Å². The van der Waals surface area contributed by atoms with Crippen LogP contribution in [0.1, 0.15) is 30.6 Å². The monoisotopic (exact) mass is 625 g/mol. The molecule has 0 saturated carbocycles. The average Bonchev–Trinajstić information content (AvgIpc) is 3.57. The van der Waals surface area contributed by atoms with E-state index in [1.807, 2.05) is 30.5 Å². The fourth-order valence-electron chi connectivity index (χ4n) is 4.77. The van der Waals surface area contributed by atoms with Crippen molar-refractivity contribution in [1.82, 2.24) is 19.8 Å². The summed E-state index contributed by atoms with van der Waals surface area (Å²) in [5.41, 5.74) is 0.715. The molecule has 3 heterocycles. The van der Waals surface area contributed by atoms with Crippen molar-refractivity contribution in [2.75, 3.05) is 37.8 Å². The highest BCUT2D eigenvalue weighted by molar-refractivity contribution is 7.98. The first-order valence-corrected chi connectivity index (χ1v) is 16.8. The number of nitrogens with zero attached hydrogens (tertiary/aromatic N) is 2. The lowest BCUT2D eigenvalue weighted by molar-refractivity contribution is -0.143. The number of likely N-dealkylation sites (tertiary alicyclic amines) is 2. The molecule has 2 fully saturated rings. The maximum absolute atomic E-state index is 13.2. The van der Waals surface area contributed by atoms with Crippen LogP contribution in [0, 0.1) is 0 Å². The van der Waals surface area contributed by atoms with Crippen molar-refractivity contribution in [1.29, 1.82) is 0 Å². The number of amides is 4. The van der Waals surface area contributed by atoms with Gasteiger partial charge in [0.2, 0.25) is 21.8 Å². The van der Waals surface area contributed by atoms with Gasteiger partial charge in [-0.1, -0.05) is 23.7 Å². The third kappa shape index (κ3) is 8.23. The molecule has 14 heteroatoms. The summed E-state index contributed by atoms with van der Waals surface area (Å²) in [6.07, 6.45) is 5.83. The number of nitrogens with one attached hydrogen (secondary N) is 3. The first kappa shape index (κ1) is 30.4. The third-order valence-electron chi connectivity index (χ3n) is 6.72. The number of hydrogen-bond donors (Lipinski definition) is 3. The molecule has 1 aromatic heterocycles. The Balaban J connectivity index is 1.29. The first-order valence-electron chi connectivity index (χ1n) is 12.9. The topological polar surface area (TPSA) is 128 Å². The molecular formula is C26H32ClN5O5S3. The van der Waals surface area contributed by atoms with Crippen LogP contribution >= 0.6 is 34.7 Å². The zero-order valence-electron chi connectivity index (χ0n) is 22.0. The summed E-state index contributed by atoms with van der Waals surface area (Å²) in [4.78, 5) is 43.5. The summed E-state index contributed by atoms with van der Waals surface area (Å²) in [5, 5.41) is 6.72. The van der Waals surface area contributed by atoms with Crippen LogP contribution in [0.15, 0.2) is 46.7 Å². The molecule has 0 spiro atoms. The van der Waals surface area contributed by atoms with Crippen LogP contribution < -0.4 is 15.4 Å². The second kappa shape index (κ2) is 13.9. The van der Waals surface area contributed by atoms with Gasteiger partial charge in [0.15, 0.2) is 0 Å². The Hall–Kier alpha value is -2.58. The van der Waals surface area contributed by atoms with E-state index in [1.54, 1.807) is 17.0 Å². The Morgan fingerprint density at radius 2 is 1.93 bits per heavy atom. The molecule has 0 aliphatic carbocycles. The average molecular weight is 626 g/mol. The highest BCUT2D eigenvalue weighted by Crippen LogP contribution is 2.25. The van der Waals surface area contributed by atoms with Crippen LogP contribution in [0.5, 0.6) is 0 Å². The second-order valence-electron chi connectivity index (χ2n) is 9.48.